The van der Waals surface area contributed by atoms with Crippen LogP contribution in [-0.4, -0.2) is 9.91 Å². The number of non-ortho nitro benzene ring substituents is 1. The smallest absolute Gasteiger partial charge is 0.273 e. The second kappa shape index (κ2) is 5.98. The standard InChI is InChI=1S/C13H14N4O3/c1-9-2-4-11(17(18)19)6-12(9)20-8-10-3-5-13(16-14)15-7-10/h2-7H,8,14H2,1H3,(H,15,16). The molecule has 104 valence electrons. The molecule has 1 aromatic carbocycles. The van der Waals surface area contributed by atoms with E-state index in [1.165, 1.54) is 12.1 Å². The lowest BCUT2D eigenvalue weighted by Gasteiger charge is -2.09. The van der Waals surface area contributed by atoms with Gasteiger partial charge >= 0.3 is 0 Å². The molecule has 0 radical (unpaired) electrons. The van der Waals surface area contributed by atoms with Crippen LogP contribution in [0.5, 0.6) is 5.75 Å². The van der Waals surface area contributed by atoms with Gasteiger partial charge in [-0.3, -0.25) is 10.1 Å². The zero-order valence-corrected chi connectivity index (χ0v) is 10.9. The monoisotopic (exact) mass is 274 g/mol. The molecule has 1 aromatic heterocycles. The van der Waals surface area contributed by atoms with Gasteiger partial charge in [0.2, 0.25) is 0 Å². The van der Waals surface area contributed by atoms with Crippen molar-refractivity contribution in [3.05, 3.63) is 57.8 Å². The molecular formula is C13H14N4O3. The summed E-state index contributed by atoms with van der Waals surface area (Å²) in [6, 6.07) is 8.06. The van der Waals surface area contributed by atoms with Crippen molar-refractivity contribution in [3.63, 3.8) is 0 Å². The fourth-order valence-corrected chi connectivity index (χ4v) is 1.61. The van der Waals surface area contributed by atoms with E-state index in [0.717, 1.165) is 11.1 Å². The third-order valence-electron chi connectivity index (χ3n) is 2.75. The van der Waals surface area contributed by atoms with Crippen LogP contribution in [0.4, 0.5) is 11.5 Å². The first-order chi connectivity index (χ1) is 9.60. The van der Waals surface area contributed by atoms with Crippen molar-refractivity contribution in [2.24, 2.45) is 5.84 Å². The van der Waals surface area contributed by atoms with Crippen LogP contribution in [0.15, 0.2) is 36.5 Å². The van der Waals surface area contributed by atoms with E-state index in [2.05, 4.69) is 10.4 Å². The predicted octanol–water partition coefficient (Wildman–Crippen LogP) is 2.16. The van der Waals surface area contributed by atoms with Crippen LogP contribution >= 0.6 is 0 Å². The molecule has 2 aromatic rings. The summed E-state index contributed by atoms with van der Waals surface area (Å²) < 4.78 is 5.59. The highest BCUT2D eigenvalue weighted by molar-refractivity contribution is 5.43. The second-order valence-corrected chi connectivity index (χ2v) is 4.19. The molecule has 0 saturated carbocycles. The molecule has 0 aliphatic heterocycles. The number of hydrazine groups is 1. The van der Waals surface area contributed by atoms with Crippen LogP contribution in [0.25, 0.3) is 0 Å². The van der Waals surface area contributed by atoms with Crippen LogP contribution in [0.2, 0.25) is 0 Å². The number of aryl methyl sites for hydroxylation is 1. The normalized spacial score (nSPS) is 10.1. The van der Waals surface area contributed by atoms with Gasteiger partial charge in [0.1, 0.15) is 18.2 Å². The van der Waals surface area contributed by atoms with Crippen molar-refractivity contribution < 1.29 is 9.66 Å². The minimum atomic E-state index is -0.449. The maximum atomic E-state index is 10.7. The van der Waals surface area contributed by atoms with Crippen LogP contribution < -0.4 is 16.0 Å². The van der Waals surface area contributed by atoms with Crippen molar-refractivity contribution in [3.8, 4) is 5.75 Å². The summed E-state index contributed by atoms with van der Waals surface area (Å²) in [5.74, 6) is 6.26. The molecule has 20 heavy (non-hydrogen) atoms. The zero-order valence-electron chi connectivity index (χ0n) is 10.9. The van der Waals surface area contributed by atoms with Gasteiger partial charge in [-0.1, -0.05) is 6.07 Å². The number of nitrogens with zero attached hydrogens (tertiary/aromatic N) is 2. The molecule has 0 fully saturated rings. The maximum absolute atomic E-state index is 10.7. The summed E-state index contributed by atoms with van der Waals surface area (Å²) in [5.41, 5.74) is 4.12. The van der Waals surface area contributed by atoms with Gasteiger partial charge in [0.15, 0.2) is 0 Å². The van der Waals surface area contributed by atoms with E-state index in [1.807, 2.05) is 13.0 Å². The Labute approximate surface area is 115 Å². The average molecular weight is 274 g/mol. The van der Waals surface area contributed by atoms with E-state index in [9.17, 15) is 10.1 Å². The SMILES string of the molecule is Cc1ccc([N+](=O)[O-])cc1OCc1ccc(NN)nc1. The Kier molecular flexibility index (Phi) is 4.11. The Bertz CT molecular complexity index is 614. The molecule has 3 N–H and O–H groups in total. The van der Waals surface area contributed by atoms with E-state index in [4.69, 9.17) is 10.6 Å². The Balaban J connectivity index is 2.09. The van der Waals surface area contributed by atoms with Crippen molar-refractivity contribution in [2.75, 3.05) is 5.43 Å². The van der Waals surface area contributed by atoms with Gasteiger partial charge in [-0.2, -0.15) is 0 Å². The van der Waals surface area contributed by atoms with Crippen LogP contribution in [0.3, 0.4) is 0 Å². The number of nitrogens with two attached hydrogens (primary N) is 1. The number of aromatic nitrogens is 1. The number of benzene rings is 1. The molecule has 0 bridgehead atoms. The Morgan fingerprint density at radius 3 is 2.80 bits per heavy atom. The van der Waals surface area contributed by atoms with E-state index in [0.29, 0.717) is 11.6 Å². The van der Waals surface area contributed by atoms with Gasteiger partial charge in [-0.15, -0.1) is 0 Å². The lowest BCUT2D eigenvalue weighted by Crippen LogP contribution is -2.08. The highest BCUT2D eigenvalue weighted by Crippen LogP contribution is 2.24. The summed E-state index contributed by atoms with van der Waals surface area (Å²) in [5, 5.41) is 10.7. The van der Waals surface area contributed by atoms with Gasteiger partial charge in [0.05, 0.1) is 11.0 Å². The molecule has 0 atom stereocenters. The summed E-state index contributed by atoms with van der Waals surface area (Å²) >= 11 is 0. The summed E-state index contributed by atoms with van der Waals surface area (Å²) in [6.45, 7) is 2.11. The second-order valence-electron chi connectivity index (χ2n) is 4.19. The first-order valence-corrected chi connectivity index (χ1v) is 5.89. The number of rotatable bonds is 5. The van der Waals surface area contributed by atoms with Crippen molar-refractivity contribution in [1.29, 1.82) is 0 Å². The fourth-order valence-electron chi connectivity index (χ4n) is 1.61. The van der Waals surface area contributed by atoms with Crippen molar-refractivity contribution >= 4 is 11.5 Å². The Morgan fingerprint density at radius 2 is 2.20 bits per heavy atom. The topological polar surface area (TPSA) is 103 Å². The molecule has 0 aliphatic rings. The van der Waals surface area contributed by atoms with E-state index in [-0.39, 0.29) is 12.3 Å². The number of anilines is 1. The number of hydrogen-bond acceptors (Lipinski definition) is 6. The number of nitrogen functional groups attached to an aromatic ring is 1. The molecule has 0 unspecified atom stereocenters. The highest BCUT2D eigenvalue weighted by atomic mass is 16.6. The molecule has 0 spiro atoms. The molecular weight excluding hydrogens is 260 g/mol. The minimum absolute atomic E-state index is 0.00593. The number of ether oxygens (including phenoxy) is 1. The van der Waals surface area contributed by atoms with Crippen LogP contribution in [0.1, 0.15) is 11.1 Å². The highest BCUT2D eigenvalue weighted by Gasteiger charge is 2.09. The van der Waals surface area contributed by atoms with E-state index >= 15 is 0 Å². The van der Waals surface area contributed by atoms with Gasteiger partial charge in [-0.25, -0.2) is 10.8 Å². The van der Waals surface area contributed by atoms with Gasteiger partial charge in [0, 0.05) is 17.8 Å². The quantitative estimate of drug-likeness (QED) is 0.492. The molecule has 1 heterocycles. The third kappa shape index (κ3) is 3.21. The summed E-state index contributed by atoms with van der Waals surface area (Å²) in [7, 11) is 0. The third-order valence-corrected chi connectivity index (χ3v) is 2.75. The number of nitro benzene ring substituents is 1. The molecule has 0 amide bonds. The van der Waals surface area contributed by atoms with Gasteiger partial charge in [0.25, 0.3) is 5.69 Å². The van der Waals surface area contributed by atoms with Crippen LogP contribution in [0, 0.1) is 17.0 Å². The number of nitro groups is 1. The lowest BCUT2D eigenvalue weighted by atomic mass is 10.2. The Morgan fingerprint density at radius 1 is 1.40 bits per heavy atom. The average Bonchev–Trinajstić information content (AvgIpc) is 2.46. The number of hydrogen-bond donors (Lipinski definition) is 2. The largest absolute Gasteiger partial charge is 0.488 e. The van der Waals surface area contributed by atoms with Crippen LogP contribution in [-0.2, 0) is 6.61 Å². The maximum Gasteiger partial charge on any atom is 0.273 e. The van der Waals surface area contributed by atoms with Crippen molar-refractivity contribution in [1.82, 2.24) is 4.98 Å². The van der Waals surface area contributed by atoms with Crippen molar-refractivity contribution in [2.45, 2.75) is 13.5 Å². The molecule has 2 rings (SSSR count). The van der Waals surface area contributed by atoms with Gasteiger partial charge in [-0.05, 0) is 24.6 Å². The first-order valence-electron chi connectivity index (χ1n) is 5.89. The van der Waals surface area contributed by atoms with E-state index < -0.39 is 4.92 Å². The molecule has 0 saturated heterocycles. The van der Waals surface area contributed by atoms with Gasteiger partial charge < -0.3 is 10.2 Å². The molecule has 7 heteroatoms. The summed E-state index contributed by atoms with van der Waals surface area (Å²) in [4.78, 5) is 14.3. The summed E-state index contributed by atoms with van der Waals surface area (Å²) in [6.07, 6.45) is 1.63. The zero-order chi connectivity index (χ0) is 14.5. The fraction of sp³-hybridized carbons (Fsp3) is 0.154. The first kappa shape index (κ1) is 13.8. The number of pyridine rings is 1. The molecule has 7 nitrogen and oxygen atoms in total. The molecule has 0 aliphatic carbocycles. The minimum Gasteiger partial charge on any atom is -0.488 e. The number of nitrogens with one attached hydrogen (secondary N) is 1. The van der Waals surface area contributed by atoms with E-state index in [1.54, 1.807) is 18.3 Å². The predicted molar refractivity (Wildman–Crippen MR) is 74.2 cm³/mol. The lowest BCUT2D eigenvalue weighted by molar-refractivity contribution is -0.385. The Hall–Kier alpha value is -2.67.